The summed E-state index contributed by atoms with van der Waals surface area (Å²) in [6.07, 6.45) is 12.9. The third kappa shape index (κ3) is 2.77. The first-order valence-electron chi connectivity index (χ1n) is 9.90. The number of rotatable bonds is 4. The number of hydrogen-bond donors (Lipinski definition) is 0. The normalized spacial score (nSPS) is 24.8. The Labute approximate surface area is 170 Å². The lowest BCUT2D eigenvalue weighted by atomic mass is 9.64. The van der Waals surface area contributed by atoms with Gasteiger partial charge in [0.15, 0.2) is 0 Å². The van der Waals surface area contributed by atoms with Crippen LogP contribution in [0.3, 0.4) is 0 Å². The van der Waals surface area contributed by atoms with Crippen LogP contribution in [0.4, 0.5) is 5.69 Å². The molecule has 1 fully saturated rings. The molecule has 0 saturated carbocycles. The smallest absolute Gasteiger partial charge is 0.145 e. The minimum absolute atomic E-state index is 0.219. The molecule has 3 aliphatic rings. The number of hydrogen-bond acceptors (Lipinski definition) is 5. The maximum atomic E-state index is 5.89. The van der Waals surface area contributed by atoms with Crippen LogP contribution in [0.5, 0.6) is 11.5 Å². The summed E-state index contributed by atoms with van der Waals surface area (Å²) < 4.78 is 11.5. The third-order valence-corrected chi connectivity index (χ3v) is 6.07. The molecule has 2 aromatic rings. The average Bonchev–Trinajstić information content (AvgIpc) is 3.21. The molecule has 1 saturated heterocycles. The van der Waals surface area contributed by atoms with Gasteiger partial charge >= 0.3 is 0 Å². The highest BCUT2D eigenvalue weighted by Gasteiger charge is 2.51. The fourth-order valence-corrected chi connectivity index (χ4v) is 4.57. The molecule has 5 heteroatoms. The van der Waals surface area contributed by atoms with Crippen molar-refractivity contribution in [3.8, 4) is 11.5 Å². The van der Waals surface area contributed by atoms with Crippen LogP contribution in [0.15, 0.2) is 89.7 Å². The average molecular weight is 385 g/mol. The van der Waals surface area contributed by atoms with Gasteiger partial charge in [-0.3, -0.25) is 9.98 Å². The molecule has 3 heterocycles. The Kier molecular flexibility index (Phi) is 4.23. The van der Waals surface area contributed by atoms with Crippen LogP contribution in [-0.2, 0) is 4.74 Å². The SMILES string of the molecule is COC1=CC=C2N(c3ccc(Oc4cccnc4)cc3)CCC(C)C23C=CN=C13. The van der Waals surface area contributed by atoms with E-state index in [-0.39, 0.29) is 5.41 Å². The number of methoxy groups -OCH3 is 1. The van der Waals surface area contributed by atoms with E-state index < -0.39 is 0 Å². The van der Waals surface area contributed by atoms with Crippen LogP contribution in [0.25, 0.3) is 0 Å². The molecule has 0 amide bonds. The van der Waals surface area contributed by atoms with Crippen LogP contribution in [0.2, 0.25) is 0 Å². The van der Waals surface area contributed by atoms with Gasteiger partial charge in [-0.2, -0.15) is 0 Å². The highest BCUT2D eigenvalue weighted by atomic mass is 16.5. The van der Waals surface area contributed by atoms with Crippen LogP contribution in [0.1, 0.15) is 13.3 Å². The van der Waals surface area contributed by atoms with E-state index in [9.17, 15) is 0 Å². The second kappa shape index (κ2) is 6.92. The Morgan fingerprint density at radius 3 is 2.72 bits per heavy atom. The van der Waals surface area contributed by atoms with Gasteiger partial charge in [-0.1, -0.05) is 6.92 Å². The summed E-state index contributed by atoms with van der Waals surface area (Å²) >= 11 is 0. The first-order valence-corrected chi connectivity index (χ1v) is 9.90. The summed E-state index contributed by atoms with van der Waals surface area (Å²) in [5, 5.41) is 0. The molecule has 2 atom stereocenters. The second-order valence-corrected chi connectivity index (χ2v) is 7.58. The number of anilines is 1. The Bertz CT molecular complexity index is 1040. The number of pyridine rings is 1. The molecule has 1 aromatic heterocycles. The lowest BCUT2D eigenvalue weighted by Gasteiger charge is -2.49. The van der Waals surface area contributed by atoms with Gasteiger partial charge in [0.1, 0.15) is 17.3 Å². The highest BCUT2D eigenvalue weighted by Crippen LogP contribution is 2.52. The fourth-order valence-electron chi connectivity index (χ4n) is 4.57. The van der Waals surface area contributed by atoms with Crippen molar-refractivity contribution in [2.45, 2.75) is 13.3 Å². The van der Waals surface area contributed by atoms with E-state index in [0.29, 0.717) is 5.92 Å². The van der Waals surface area contributed by atoms with Crippen LogP contribution in [0, 0.1) is 11.3 Å². The third-order valence-electron chi connectivity index (χ3n) is 6.07. The first kappa shape index (κ1) is 17.7. The second-order valence-electron chi connectivity index (χ2n) is 7.58. The van der Waals surface area contributed by atoms with Gasteiger partial charge in [0.25, 0.3) is 0 Å². The molecule has 29 heavy (non-hydrogen) atoms. The van der Waals surface area contributed by atoms with Crippen molar-refractivity contribution in [1.82, 2.24) is 4.98 Å². The van der Waals surface area contributed by atoms with Crippen molar-refractivity contribution in [2.75, 3.05) is 18.6 Å². The van der Waals surface area contributed by atoms with E-state index in [2.05, 4.69) is 46.1 Å². The van der Waals surface area contributed by atoms with Gasteiger partial charge in [0.2, 0.25) is 0 Å². The Morgan fingerprint density at radius 2 is 1.97 bits per heavy atom. The molecular formula is C24H23N3O2. The number of allylic oxidation sites excluding steroid dienone is 4. The minimum Gasteiger partial charge on any atom is -0.495 e. The quantitative estimate of drug-likeness (QED) is 0.734. The standard InChI is InChI=1S/C24H23N3O2/c1-17-11-15-27(22-10-9-21(28-2)23-24(17,22)12-14-26-23)18-5-7-19(8-6-18)29-20-4-3-13-25-16-20/h3-10,12-14,16-17H,11,15H2,1-2H3. The number of aromatic nitrogens is 1. The summed E-state index contributed by atoms with van der Waals surface area (Å²) in [4.78, 5) is 11.2. The van der Waals surface area contributed by atoms with E-state index >= 15 is 0 Å². The Balaban J connectivity index is 1.47. The first-order chi connectivity index (χ1) is 14.2. The largest absolute Gasteiger partial charge is 0.495 e. The van der Waals surface area contributed by atoms with Crippen molar-refractivity contribution in [2.24, 2.45) is 16.3 Å². The van der Waals surface area contributed by atoms with Gasteiger partial charge in [-0.25, -0.2) is 0 Å². The summed E-state index contributed by atoms with van der Waals surface area (Å²) in [6.45, 7) is 3.27. The molecule has 1 spiro atoms. The van der Waals surface area contributed by atoms with Gasteiger partial charge in [-0.15, -0.1) is 0 Å². The number of ether oxygens (including phenoxy) is 2. The Morgan fingerprint density at radius 1 is 1.10 bits per heavy atom. The summed E-state index contributed by atoms with van der Waals surface area (Å²) in [5.74, 6) is 2.83. The van der Waals surface area contributed by atoms with Crippen LogP contribution < -0.4 is 9.64 Å². The summed E-state index contributed by atoms with van der Waals surface area (Å²) in [7, 11) is 1.71. The topological polar surface area (TPSA) is 47.0 Å². The molecule has 2 unspecified atom stereocenters. The van der Waals surface area contributed by atoms with Crippen LogP contribution >= 0.6 is 0 Å². The minimum atomic E-state index is -0.219. The van der Waals surface area contributed by atoms with E-state index in [1.54, 1.807) is 19.5 Å². The predicted octanol–water partition coefficient (Wildman–Crippen LogP) is 5.10. The van der Waals surface area contributed by atoms with Crippen molar-refractivity contribution < 1.29 is 9.47 Å². The molecule has 0 bridgehead atoms. The van der Waals surface area contributed by atoms with Crippen LogP contribution in [-0.4, -0.2) is 24.4 Å². The maximum Gasteiger partial charge on any atom is 0.145 e. The molecular weight excluding hydrogens is 362 g/mol. The highest BCUT2D eigenvalue weighted by molar-refractivity contribution is 6.10. The molecule has 1 aliphatic carbocycles. The molecule has 5 rings (SSSR count). The summed E-state index contributed by atoms with van der Waals surface area (Å²) in [6, 6.07) is 12.0. The number of benzene rings is 1. The molecule has 0 N–H and O–H groups in total. The lowest BCUT2D eigenvalue weighted by molar-refractivity contribution is 0.287. The zero-order valence-corrected chi connectivity index (χ0v) is 16.6. The molecule has 1 aromatic carbocycles. The fraction of sp³-hybridized carbons (Fsp3) is 0.250. The number of piperidine rings is 1. The maximum absolute atomic E-state index is 5.89. The van der Waals surface area contributed by atoms with Gasteiger partial charge in [0.05, 0.1) is 24.4 Å². The molecule has 146 valence electrons. The summed E-state index contributed by atoms with van der Waals surface area (Å²) in [5.41, 5.74) is 3.20. The predicted molar refractivity (Wildman–Crippen MR) is 114 cm³/mol. The number of aliphatic imine (C=N–C) groups is 1. The zero-order valence-electron chi connectivity index (χ0n) is 16.6. The van der Waals surface area contributed by atoms with Crippen molar-refractivity contribution in [1.29, 1.82) is 0 Å². The van der Waals surface area contributed by atoms with Gasteiger partial charge in [0, 0.05) is 30.3 Å². The van der Waals surface area contributed by atoms with E-state index in [0.717, 1.165) is 41.6 Å². The van der Waals surface area contributed by atoms with Crippen molar-refractivity contribution in [3.05, 3.63) is 84.7 Å². The molecule has 5 nitrogen and oxygen atoms in total. The Hall–Kier alpha value is -3.34. The van der Waals surface area contributed by atoms with Crippen molar-refractivity contribution in [3.63, 3.8) is 0 Å². The van der Waals surface area contributed by atoms with Gasteiger partial charge < -0.3 is 14.4 Å². The van der Waals surface area contributed by atoms with E-state index in [4.69, 9.17) is 9.47 Å². The molecule has 0 radical (unpaired) electrons. The van der Waals surface area contributed by atoms with E-state index in [1.165, 1.54) is 5.70 Å². The lowest BCUT2D eigenvalue weighted by Crippen LogP contribution is -2.50. The zero-order chi connectivity index (χ0) is 19.8. The number of nitrogens with zero attached hydrogens (tertiary/aromatic N) is 3. The van der Waals surface area contributed by atoms with Crippen molar-refractivity contribution >= 4 is 11.4 Å². The van der Waals surface area contributed by atoms with Gasteiger partial charge in [-0.05, 0) is 67.0 Å². The molecule has 2 aliphatic heterocycles. The van der Waals surface area contributed by atoms with E-state index in [1.807, 2.05) is 36.5 Å². The monoisotopic (exact) mass is 385 g/mol.